The quantitative estimate of drug-likeness (QED) is 0.641. The maximum absolute atomic E-state index is 11.6. The monoisotopic (exact) mass is 320 g/mol. The minimum absolute atomic E-state index is 0.0476. The number of halogens is 1. The molecule has 0 saturated carbocycles. The van der Waals surface area contributed by atoms with Gasteiger partial charge in [0.2, 0.25) is 0 Å². The molecule has 1 aromatic rings. The highest BCUT2D eigenvalue weighted by Crippen LogP contribution is 2.22. The van der Waals surface area contributed by atoms with Gasteiger partial charge in [-0.2, -0.15) is 0 Å². The van der Waals surface area contributed by atoms with Crippen molar-refractivity contribution in [1.82, 2.24) is 5.32 Å². The number of sulfone groups is 1. The summed E-state index contributed by atoms with van der Waals surface area (Å²) in [4.78, 5) is 10.2. The Morgan fingerprint density at radius 2 is 2.00 bits per heavy atom. The summed E-state index contributed by atoms with van der Waals surface area (Å²) in [5, 5.41) is 14.1. The minimum atomic E-state index is -3.19. The van der Waals surface area contributed by atoms with Crippen LogP contribution in [0.2, 0.25) is 5.02 Å². The van der Waals surface area contributed by atoms with Crippen molar-refractivity contribution in [3.8, 4) is 0 Å². The molecule has 0 fully saturated rings. The SMILES string of the molecule is CC(C)(CNCc1cc([N+](=O)[O-])ccc1Cl)S(C)(=O)=O. The van der Waals surface area contributed by atoms with Gasteiger partial charge < -0.3 is 5.32 Å². The Kier molecular flexibility index (Phi) is 5.12. The van der Waals surface area contributed by atoms with E-state index >= 15 is 0 Å². The molecule has 1 N–H and O–H groups in total. The summed E-state index contributed by atoms with van der Waals surface area (Å²) in [5.41, 5.74) is 0.513. The Hall–Kier alpha value is -1.18. The van der Waals surface area contributed by atoms with Crippen molar-refractivity contribution >= 4 is 27.1 Å². The third-order valence-electron chi connectivity index (χ3n) is 3.11. The molecule has 0 bridgehead atoms. The molecule has 6 nitrogen and oxygen atoms in total. The van der Waals surface area contributed by atoms with E-state index in [0.717, 1.165) is 0 Å². The van der Waals surface area contributed by atoms with Gasteiger partial charge in [0.25, 0.3) is 5.69 Å². The molecule has 0 atom stereocenters. The van der Waals surface area contributed by atoms with Crippen molar-refractivity contribution in [1.29, 1.82) is 0 Å². The van der Waals surface area contributed by atoms with Gasteiger partial charge in [0.15, 0.2) is 9.84 Å². The van der Waals surface area contributed by atoms with Gasteiger partial charge in [-0.15, -0.1) is 0 Å². The van der Waals surface area contributed by atoms with Crippen LogP contribution in [-0.4, -0.2) is 30.9 Å². The van der Waals surface area contributed by atoms with Crippen LogP contribution in [0.4, 0.5) is 5.69 Å². The standard InChI is InChI=1S/C12H17ClN2O4S/c1-12(2,20(3,18)19)8-14-7-9-6-10(15(16)17)4-5-11(9)13/h4-6,14H,7-8H2,1-3H3. The fraction of sp³-hybridized carbons (Fsp3) is 0.500. The van der Waals surface area contributed by atoms with Gasteiger partial charge in [0, 0.05) is 36.5 Å². The molecule has 1 aromatic carbocycles. The topological polar surface area (TPSA) is 89.3 Å². The third kappa shape index (κ3) is 4.16. The summed E-state index contributed by atoms with van der Waals surface area (Å²) < 4.78 is 22.2. The zero-order valence-electron chi connectivity index (χ0n) is 11.5. The molecule has 112 valence electrons. The van der Waals surface area contributed by atoms with Crippen molar-refractivity contribution in [2.24, 2.45) is 0 Å². The highest BCUT2D eigenvalue weighted by Gasteiger charge is 2.29. The molecule has 0 unspecified atom stereocenters. The first-order chi connectivity index (χ1) is 9.04. The summed E-state index contributed by atoms with van der Waals surface area (Å²) in [6, 6.07) is 4.16. The lowest BCUT2D eigenvalue weighted by Crippen LogP contribution is -2.41. The lowest BCUT2D eigenvalue weighted by Gasteiger charge is -2.23. The summed E-state index contributed by atoms with van der Waals surface area (Å²) >= 11 is 5.96. The van der Waals surface area contributed by atoms with E-state index in [1.165, 1.54) is 24.5 Å². The lowest BCUT2D eigenvalue weighted by atomic mass is 10.1. The molecular weight excluding hydrogens is 304 g/mol. The Morgan fingerprint density at radius 3 is 2.50 bits per heavy atom. The van der Waals surface area contributed by atoms with Crippen LogP contribution in [0, 0.1) is 10.1 Å². The van der Waals surface area contributed by atoms with Crippen molar-refractivity contribution in [2.75, 3.05) is 12.8 Å². The molecule has 8 heteroatoms. The second-order valence-corrected chi connectivity index (χ2v) is 8.22. The minimum Gasteiger partial charge on any atom is -0.311 e. The van der Waals surface area contributed by atoms with Gasteiger partial charge in [-0.25, -0.2) is 8.42 Å². The van der Waals surface area contributed by atoms with Crippen molar-refractivity contribution in [3.05, 3.63) is 38.9 Å². The molecule has 0 amide bonds. The van der Waals surface area contributed by atoms with Gasteiger partial charge in [-0.05, 0) is 25.5 Å². The Bertz CT molecular complexity index is 614. The highest BCUT2D eigenvalue weighted by molar-refractivity contribution is 7.92. The van der Waals surface area contributed by atoms with E-state index in [-0.39, 0.29) is 18.8 Å². The molecule has 0 spiro atoms. The van der Waals surface area contributed by atoms with Crippen LogP contribution in [0.25, 0.3) is 0 Å². The molecule has 0 heterocycles. The second kappa shape index (κ2) is 6.07. The zero-order valence-corrected chi connectivity index (χ0v) is 13.1. The summed E-state index contributed by atoms with van der Waals surface area (Å²) in [6.07, 6.45) is 1.18. The molecule has 0 saturated heterocycles. The van der Waals surface area contributed by atoms with Gasteiger partial charge in [-0.1, -0.05) is 11.6 Å². The Labute approximate surface area is 123 Å². The predicted octanol–water partition coefficient (Wildman–Crippen LogP) is 2.16. The number of nitro benzene ring substituents is 1. The summed E-state index contributed by atoms with van der Waals surface area (Å²) in [6.45, 7) is 3.72. The highest BCUT2D eigenvalue weighted by atomic mass is 35.5. The number of non-ortho nitro benzene ring substituents is 1. The molecular formula is C12H17ClN2O4S. The number of nitrogens with zero attached hydrogens (tertiary/aromatic N) is 1. The van der Waals surface area contributed by atoms with E-state index in [1.807, 2.05) is 0 Å². The number of rotatable bonds is 6. The maximum atomic E-state index is 11.6. The van der Waals surface area contributed by atoms with Crippen molar-refractivity contribution in [2.45, 2.75) is 25.1 Å². The van der Waals surface area contributed by atoms with Crippen molar-refractivity contribution < 1.29 is 13.3 Å². The molecule has 0 aliphatic carbocycles. The maximum Gasteiger partial charge on any atom is 0.269 e. The fourth-order valence-electron chi connectivity index (χ4n) is 1.44. The first-order valence-corrected chi connectivity index (χ1v) is 8.15. The van der Waals surface area contributed by atoms with E-state index in [9.17, 15) is 18.5 Å². The zero-order chi connectivity index (χ0) is 15.6. The van der Waals surface area contributed by atoms with Crippen LogP contribution in [0.15, 0.2) is 18.2 Å². The molecule has 0 radical (unpaired) electrons. The lowest BCUT2D eigenvalue weighted by molar-refractivity contribution is -0.384. The molecule has 0 aliphatic heterocycles. The largest absolute Gasteiger partial charge is 0.311 e. The number of nitrogens with one attached hydrogen (secondary N) is 1. The number of hydrogen-bond acceptors (Lipinski definition) is 5. The van der Waals surface area contributed by atoms with E-state index in [1.54, 1.807) is 13.8 Å². The normalized spacial score (nSPS) is 12.4. The van der Waals surface area contributed by atoms with Gasteiger partial charge in [-0.3, -0.25) is 10.1 Å². The second-order valence-electron chi connectivity index (χ2n) is 5.17. The van der Waals surface area contributed by atoms with Crippen LogP contribution in [-0.2, 0) is 16.4 Å². The molecule has 0 aliphatic rings. The van der Waals surface area contributed by atoms with Crippen LogP contribution in [0.3, 0.4) is 0 Å². The molecule has 0 aromatic heterocycles. The van der Waals surface area contributed by atoms with Crippen LogP contribution in [0.5, 0.6) is 0 Å². The van der Waals surface area contributed by atoms with E-state index in [2.05, 4.69) is 5.32 Å². The van der Waals surface area contributed by atoms with E-state index < -0.39 is 19.5 Å². The summed E-state index contributed by atoms with van der Waals surface area (Å²) in [5.74, 6) is 0. The number of nitro groups is 1. The molecule has 1 rings (SSSR count). The van der Waals surface area contributed by atoms with Crippen molar-refractivity contribution in [3.63, 3.8) is 0 Å². The average Bonchev–Trinajstić information content (AvgIpc) is 2.29. The average molecular weight is 321 g/mol. The predicted molar refractivity (Wildman–Crippen MR) is 78.7 cm³/mol. The number of benzene rings is 1. The van der Waals surface area contributed by atoms with Gasteiger partial charge >= 0.3 is 0 Å². The van der Waals surface area contributed by atoms with E-state index in [0.29, 0.717) is 10.6 Å². The van der Waals surface area contributed by atoms with Crippen LogP contribution in [0.1, 0.15) is 19.4 Å². The van der Waals surface area contributed by atoms with E-state index in [4.69, 9.17) is 11.6 Å². The fourth-order valence-corrected chi connectivity index (χ4v) is 1.99. The van der Waals surface area contributed by atoms with Gasteiger partial charge in [0.05, 0.1) is 9.67 Å². The third-order valence-corrected chi connectivity index (χ3v) is 5.63. The van der Waals surface area contributed by atoms with Gasteiger partial charge in [0.1, 0.15) is 0 Å². The Balaban J connectivity index is 2.76. The smallest absolute Gasteiger partial charge is 0.269 e. The summed E-state index contributed by atoms with van der Waals surface area (Å²) in [7, 11) is -3.19. The molecule has 20 heavy (non-hydrogen) atoms. The first kappa shape index (κ1) is 16.9. The Morgan fingerprint density at radius 1 is 1.40 bits per heavy atom. The first-order valence-electron chi connectivity index (χ1n) is 5.88. The van der Waals surface area contributed by atoms with Crippen LogP contribution >= 0.6 is 11.6 Å². The van der Waals surface area contributed by atoms with Crippen LogP contribution < -0.4 is 5.32 Å². The number of hydrogen-bond donors (Lipinski definition) is 1.